The summed E-state index contributed by atoms with van der Waals surface area (Å²) in [5, 5.41) is 1.83. The van der Waals surface area contributed by atoms with Crippen LogP contribution in [0.15, 0.2) is 29.6 Å². The first kappa shape index (κ1) is 11.9. The molecule has 1 nitrogen and oxygen atoms in total. The lowest BCUT2D eigenvalue weighted by atomic mass is 10.0. The third-order valence-corrected chi connectivity index (χ3v) is 3.29. The fourth-order valence-corrected chi connectivity index (χ4v) is 2.38. The molecule has 0 amide bonds. The Bertz CT molecular complexity index is 540. The molecule has 0 atom stereocenters. The van der Waals surface area contributed by atoms with E-state index in [2.05, 4.69) is 0 Å². The number of Topliss-reactive ketones (excluding diaryl/α,β-unsaturated/α-hetero) is 1. The minimum atomic E-state index is -0.658. The second kappa shape index (κ2) is 4.75. The van der Waals surface area contributed by atoms with Crippen molar-refractivity contribution in [3.05, 3.63) is 57.3 Å². The Morgan fingerprint density at radius 1 is 1.24 bits per heavy atom. The molecule has 0 aliphatic heterocycles. The lowest BCUT2D eigenvalue weighted by Crippen LogP contribution is -2.04. The predicted molar refractivity (Wildman–Crippen MR) is 63.4 cm³/mol. The van der Waals surface area contributed by atoms with Gasteiger partial charge in [-0.3, -0.25) is 4.79 Å². The molecule has 0 spiro atoms. The highest BCUT2D eigenvalue weighted by molar-refractivity contribution is 7.10. The average molecular weight is 252 g/mol. The molecule has 2 rings (SSSR count). The number of benzene rings is 1. The van der Waals surface area contributed by atoms with Gasteiger partial charge in [0.1, 0.15) is 11.6 Å². The summed E-state index contributed by atoms with van der Waals surface area (Å²) in [5.74, 6) is -1.43. The number of thiophene rings is 1. The van der Waals surface area contributed by atoms with Gasteiger partial charge < -0.3 is 0 Å². The van der Waals surface area contributed by atoms with Crippen LogP contribution < -0.4 is 0 Å². The van der Waals surface area contributed by atoms with Gasteiger partial charge in [-0.15, -0.1) is 11.3 Å². The van der Waals surface area contributed by atoms with E-state index >= 15 is 0 Å². The monoisotopic (exact) mass is 252 g/mol. The smallest absolute Gasteiger partial charge is 0.168 e. The first-order valence-corrected chi connectivity index (χ1v) is 5.96. The van der Waals surface area contributed by atoms with Gasteiger partial charge in [0, 0.05) is 22.9 Å². The summed E-state index contributed by atoms with van der Waals surface area (Å²) in [5.41, 5.74) is 0.984. The van der Waals surface area contributed by atoms with Crippen molar-refractivity contribution in [1.29, 1.82) is 0 Å². The Balaban J connectivity index is 2.21. The first-order valence-electron chi connectivity index (χ1n) is 5.08. The Hall–Kier alpha value is -1.55. The minimum Gasteiger partial charge on any atom is -0.294 e. The number of carbonyl (C=O) groups is 1. The standard InChI is InChI=1S/C13H10F2OS/c1-8-12(2-3-17-8)13(16)6-9-4-10(14)7-11(15)5-9/h2-5,7H,6H2,1H3. The molecule has 0 N–H and O–H groups in total. The molecule has 0 fully saturated rings. The normalized spacial score (nSPS) is 10.5. The van der Waals surface area contributed by atoms with E-state index in [0.29, 0.717) is 11.1 Å². The van der Waals surface area contributed by atoms with E-state index in [1.54, 1.807) is 6.07 Å². The van der Waals surface area contributed by atoms with E-state index in [4.69, 9.17) is 0 Å². The highest BCUT2D eigenvalue weighted by Crippen LogP contribution is 2.18. The number of halogens is 2. The number of aryl methyl sites for hydroxylation is 1. The maximum Gasteiger partial charge on any atom is 0.168 e. The lowest BCUT2D eigenvalue weighted by Gasteiger charge is -2.02. The largest absolute Gasteiger partial charge is 0.294 e. The van der Waals surface area contributed by atoms with E-state index in [-0.39, 0.29) is 12.2 Å². The van der Waals surface area contributed by atoms with Gasteiger partial charge in [-0.1, -0.05) is 0 Å². The molecule has 4 heteroatoms. The van der Waals surface area contributed by atoms with Crippen LogP contribution in [0.4, 0.5) is 8.78 Å². The Kier molecular flexibility index (Phi) is 3.33. The van der Waals surface area contributed by atoms with E-state index < -0.39 is 11.6 Å². The molecular weight excluding hydrogens is 242 g/mol. The molecule has 1 aromatic carbocycles. The third-order valence-electron chi connectivity index (χ3n) is 2.45. The molecule has 2 aromatic rings. The van der Waals surface area contributed by atoms with E-state index in [1.807, 2.05) is 12.3 Å². The maximum atomic E-state index is 13.0. The zero-order valence-corrected chi connectivity index (χ0v) is 9.98. The molecule has 88 valence electrons. The van der Waals surface area contributed by atoms with E-state index in [9.17, 15) is 13.6 Å². The van der Waals surface area contributed by atoms with Gasteiger partial charge in [0.2, 0.25) is 0 Å². The van der Waals surface area contributed by atoms with Crippen LogP contribution in [-0.2, 0) is 6.42 Å². The Morgan fingerprint density at radius 3 is 2.41 bits per heavy atom. The van der Waals surface area contributed by atoms with Gasteiger partial charge in [0.15, 0.2) is 5.78 Å². The van der Waals surface area contributed by atoms with Crippen molar-refractivity contribution in [2.24, 2.45) is 0 Å². The summed E-state index contributed by atoms with van der Waals surface area (Å²) in [6.45, 7) is 1.85. The Labute approximate surface area is 102 Å². The molecule has 0 aliphatic rings. The summed E-state index contributed by atoms with van der Waals surface area (Å²) in [6.07, 6.45) is 0.0201. The van der Waals surface area contributed by atoms with Crippen LogP contribution in [0, 0.1) is 18.6 Å². The molecule has 0 radical (unpaired) electrons. The fraction of sp³-hybridized carbons (Fsp3) is 0.154. The van der Waals surface area contributed by atoms with Gasteiger partial charge in [-0.05, 0) is 36.1 Å². The first-order chi connectivity index (χ1) is 8.06. The number of rotatable bonds is 3. The third kappa shape index (κ3) is 2.77. The second-order valence-corrected chi connectivity index (χ2v) is 4.89. The second-order valence-electron chi connectivity index (χ2n) is 3.77. The van der Waals surface area contributed by atoms with Crippen LogP contribution >= 0.6 is 11.3 Å². The molecule has 1 heterocycles. The van der Waals surface area contributed by atoms with Gasteiger partial charge in [-0.2, -0.15) is 0 Å². The maximum absolute atomic E-state index is 13.0. The molecule has 17 heavy (non-hydrogen) atoms. The van der Waals surface area contributed by atoms with Crippen LogP contribution in [0.2, 0.25) is 0 Å². The molecule has 0 unspecified atom stereocenters. The Morgan fingerprint density at radius 2 is 1.88 bits per heavy atom. The van der Waals surface area contributed by atoms with E-state index in [0.717, 1.165) is 10.9 Å². The molecule has 0 saturated heterocycles. The number of hydrogen-bond acceptors (Lipinski definition) is 2. The molecule has 1 aromatic heterocycles. The van der Waals surface area contributed by atoms with Crippen LogP contribution in [-0.4, -0.2) is 5.78 Å². The summed E-state index contributed by atoms with van der Waals surface area (Å²) < 4.78 is 25.9. The zero-order chi connectivity index (χ0) is 12.4. The minimum absolute atomic E-state index is 0.0201. The van der Waals surface area contributed by atoms with Crippen molar-refractivity contribution >= 4 is 17.1 Å². The fourth-order valence-electron chi connectivity index (χ4n) is 1.67. The van der Waals surface area contributed by atoms with E-state index in [1.165, 1.54) is 23.5 Å². The molecule has 0 saturated carbocycles. The summed E-state index contributed by atoms with van der Waals surface area (Å²) in [6, 6.07) is 4.90. The molecule has 0 bridgehead atoms. The topological polar surface area (TPSA) is 17.1 Å². The highest BCUT2D eigenvalue weighted by atomic mass is 32.1. The summed E-state index contributed by atoms with van der Waals surface area (Å²) in [7, 11) is 0. The lowest BCUT2D eigenvalue weighted by molar-refractivity contribution is 0.0993. The van der Waals surface area contributed by atoms with Crippen LogP contribution in [0.3, 0.4) is 0 Å². The summed E-state index contributed by atoms with van der Waals surface area (Å²) in [4.78, 5) is 12.8. The van der Waals surface area contributed by atoms with Gasteiger partial charge in [0.05, 0.1) is 0 Å². The summed E-state index contributed by atoms with van der Waals surface area (Å²) >= 11 is 1.48. The molecular formula is C13H10F2OS. The zero-order valence-electron chi connectivity index (χ0n) is 9.17. The van der Waals surface area contributed by atoms with Crippen molar-refractivity contribution in [3.8, 4) is 0 Å². The highest BCUT2D eigenvalue weighted by Gasteiger charge is 2.12. The SMILES string of the molecule is Cc1sccc1C(=O)Cc1cc(F)cc(F)c1. The van der Waals surface area contributed by atoms with Gasteiger partial charge >= 0.3 is 0 Å². The van der Waals surface area contributed by atoms with Gasteiger partial charge in [0.25, 0.3) is 0 Å². The van der Waals surface area contributed by atoms with Gasteiger partial charge in [-0.25, -0.2) is 8.78 Å². The van der Waals surface area contributed by atoms with Crippen LogP contribution in [0.1, 0.15) is 20.8 Å². The van der Waals surface area contributed by atoms with Crippen LogP contribution in [0.25, 0.3) is 0 Å². The van der Waals surface area contributed by atoms with Crippen molar-refractivity contribution in [2.45, 2.75) is 13.3 Å². The number of ketones is 1. The van der Waals surface area contributed by atoms with Crippen LogP contribution in [0.5, 0.6) is 0 Å². The number of carbonyl (C=O) groups excluding carboxylic acids is 1. The van der Waals surface area contributed by atoms with Crippen molar-refractivity contribution in [3.63, 3.8) is 0 Å². The van der Waals surface area contributed by atoms with Crippen molar-refractivity contribution in [2.75, 3.05) is 0 Å². The number of hydrogen-bond donors (Lipinski definition) is 0. The quantitative estimate of drug-likeness (QED) is 0.760. The van der Waals surface area contributed by atoms with Crippen molar-refractivity contribution < 1.29 is 13.6 Å². The van der Waals surface area contributed by atoms with Crippen molar-refractivity contribution in [1.82, 2.24) is 0 Å². The average Bonchev–Trinajstić information content (AvgIpc) is 2.62. The predicted octanol–water partition coefficient (Wildman–Crippen LogP) is 3.76. The molecule has 0 aliphatic carbocycles.